The molecule has 2 N–H and O–H groups in total. The van der Waals surface area contributed by atoms with Gasteiger partial charge in [0.1, 0.15) is 0 Å². The molecule has 0 aliphatic rings. The molecule has 68 valence electrons. The maximum absolute atomic E-state index is 5.91. The molecule has 2 aromatic heterocycles. The predicted octanol–water partition coefficient (Wildman–Crippen LogP) is 3.03. The lowest BCUT2D eigenvalue weighted by molar-refractivity contribution is 1.37. The van der Waals surface area contributed by atoms with Gasteiger partial charge in [0.05, 0.1) is 4.70 Å². The predicted molar refractivity (Wildman–Crippen MR) is 61.5 cm³/mol. The summed E-state index contributed by atoms with van der Waals surface area (Å²) in [7, 11) is 0. The lowest BCUT2D eigenvalue weighted by atomic mass is 10.2. The molecule has 0 fully saturated rings. The number of hydrogen-bond donors (Lipinski definition) is 1. The Bertz CT molecular complexity index is 613. The number of pyridine rings is 1. The third-order valence-electron chi connectivity index (χ3n) is 2.33. The number of benzene rings is 1. The SMILES string of the molecule is Nc1cccc2c1sc1ccncc12. The number of aromatic nitrogens is 1. The average Bonchev–Trinajstić information content (AvgIpc) is 2.59. The number of fused-ring (bicyclic) bond motifs is 3. The Morgan fingerprint density at radius 3 is 3.00 bits per heavy atom. The van der Waals surface area contributed by atoms with E-state index in [1.165, 1.54) is 15.5 Å². The summed E-state index contributed by atoms with van der Waals surface area (Å²) in [6.07, 6.45) is 3.71. The van der Waals surface area contributed by atoms with Gasteiger partial charge < -0.3 is 5.73 Å². The Hall–Kier alpha value is -1.61. The molecular formula is C11H8N2S. The highest BCUT2D eigenvalue weighted by Gasteiger charge is 2.05. The summed E-state index contributed by atoms with van der Waals surface area (Å²) in [6.45, 7) is 0. The summed E-state index contributed by atoms with van der Waals surface area (Å²) >= 11 is 1.72. The van der Waals surface area contributed by atoms with Crippen LogP contribution in [-0.2, 0) is 0 Å². The summed E-state index contributed by atoms with van der Waals surface area (Å²) in [6, 6.07) is 8.04. The molecule has 0 radical (unpaired) electrons. The normalized spacial score (nSPS) is 11.1. The molecule has 14 heavy (non-hydrogen) atoms. The van der Waals surface area contributed by atoms with E-state index in [-0.39, 0.29) is 0 Å². The van der Waals surface area contributed by atoms with Gasteiger partial charge >= 0.3 is 0 Å². The maximum atomic E-state index is 5.91. The zero-order valence-corrected chi connectivity index (χ0v) is 8.21. The van der Waals surface area contributed by atoms with Gasteiger partial charge in [-0.15, -0.1) is 11.3 Å². The van der Waals surface area contributed by atoms with Crippen molar-refractivity contribution < 1.29 is 0 Å². The van der Waals surface area contributed by atoms with Gasteiger partial charge in [-0.25, -0.2) is 0 Å². The van der Waals surface area contributed by atoms with Crippen LogP contribution in [0.15, 0.2) is 36.7 Å². The molecule has 2 nitrogen and oxygen atoms in total. The van der Waals surface area contributed by atoms with E-state index in [1.807, 2.05) is 30.6 Å². The second-order valence-electron chi connectivity index (χ2n) is 3.20. The minimum atomic E-state index is 0.851. The second kappa shape index (κ2) is 2.69. The lowest BCUT2D eigenvalue weighted by Crippen LogP contribution is -1.82. The summed E-state index contributed by atoms with van der Waals surface area (Å²) < 4.78 is 2.41. The van der Waals surface area contributed by atoms with Crippen LogP contribution in [0.25, 0.3) is 20.2 Å². The van der Waals surface area contributed by atoms with Crippen molar-refractivity contribution >= 4 is 37.2 Å². The van der Waals surface area contributed by atoms with Crippen LogP contribution in [0.1, 0.15) is 0 Å². The fraction of sp³-hybridized carbons (Fsp3) is 0. The fourth-order valence-electron chi connectivity index (χ4n) is 1.66. The van der Waals surface area contributed by atoms with Crippen molar-refractivity contribution in [2.75, 3.05) is 5.73 Å². The van der Waals surface area contributed by atoms with Gasteiger partial charge in [-0.05, 0) is 12.1 Å². The molecule has 0 bridgehead atoms. The first-order valence-electron chi connectivity index (χ1n) is 4.37. The first-order chi connectivity index (χ1) is 6.86. The van der Waals surface area contributed by atoms with E-state index in [2.05, 4.69) is 11.1 Å². The molecular weight excluding hydrogens is 192 g/mol. The third kappa shape index (κ3) is 0.930. The number of rotatable bonds is 0. The number of thiophene rings is 1. The van der Waals surface area contributed by atoms with Crippen LogP contribution < -0.4 is 5.73 Å². The van der Waals surface area contributed by atoms with Gasteiger partial charge in [-0.1, -0.05) is 12.1 Å². The Morgan fingerprint density at radius 1 is 1.14 bits per heavy atom. The zero-order chi connectivity index (χ0) is 9.54. The highest BCUT2D eigenvalue weighted by molar-refractivity contribution is 7.26. The topological polar surface area (TPSA) is 38.9 Å². The number of nitrogens with two attached hydrogens (primary N) is 1. The minimum absolute atomic E-state index is 0.851. The molecule has 3 heteroatoms. The average molecular weight is 200 g/mol. The molecule has 1 aromatic carbocycles. The largest absolute Gasteiger partial charge is 0.398 e. The monoisotopic (exact) mass is 200 g/mol. The van der Waals surface area contributed by atoms with Crippen LogP contribution in [0.5, 0.6) is 0 Å². The van der Waals surface area contributed by atoms with Gasteiger partial charge in [0.2, 0.25) is 0 Å². The highest BCUT2D eigenvalue weighted by atomic mass is 32.1. The van der Waals surface area contributed by atoms with E-state index >= 15 is 0 Å². The van der Waals surface area contributed by atoms with E-state index < -0.39 is 0 Å². The van der Waals surface area contributed by atoms with Crippen molar-refractivity contribution in [3.63, 3.8) is 0 Å². The molecule has 0 aliphatic carbocycles. The number of nitrogen functional groups attached to an aromatic ring is 1. The number of anilines is 1. The Balaban J connectivity index is 2.63. The fourth-order valence-corrected chi connectivity index (χ4v) is 2.76. The molecule has 2 heterocycles. The smallest absolute Gasteiger partial charge is 0.0585 e. The number of hydrogen-bond acceptors (Lipinski definition) is 3. The van der Waals surface area contributed by atoms with E-state index in [9.17, 15) is 0 Å². The minimum Gasteiger partial charge on any atom is -0.398 e. The zero-order valence-electron chi connectivity index (χ0n) is 7.40. The van der Waals surface area contributed by atoms with Crippen molar-refractivity contribution in [1.82, 2.24) is 4.98 Å². The van der Waals surface area contributed by atoms with Crippen LogP contribution in [0.4, 0.5) is 5.69 Å². The highest BCUT2D eigenvalue weighted by Crippen LogP contribution is 2.35. The van der Waals surface area contributed by atoms with Crippen molar-refractivity contribution in [1.29, 1.82) is 0 Å². The van der Waals surface area contributed by atoms with Crippen molar-refractivity contribution in [2.45, 2.75) is 0 Å². The van der Waals surface area contributed by atoms with E-state index in [0.29, 0.717) is 0 Å². The third-order valence-corrected chi connectivity index (χ3v) is 3.56. The summed E-state index contributed by atoms with van der Waals surface area (Å²) in [5.74, 6) is 0. The van der Waals surface area contributed by atoms with Gasteiger partial charge in [0, 0.05) is 33.6 Å². The summed E-state index contributed by atoms with van der Waals surface area (Å²) in [4.78, 5) is 4.13. The van der Waals surface area contributed by atoms with Crippen LogP contribution in [0.3, 0.4) is 0 Å². The maximum Gasteiger partial charge on any atom is 0.0585 e. The van der Waals surface area contributed by atoms with Gasteiger partial charge in [-0.2, -0.15) is 0 Å². The Labute approximate surface area is 85.0 Å². The molecule has 0 aliphatic heterocycles. The van der Waals surface area contributed by atoms with Gasteiger partial charge in [0.25, 0.3) is 0 Å². The van der Waals surface area contributed by atoms with Gasteiger partial charge in [-0.3, -0.25) is 4.98 Å². The molecule has 0 atom stereocenters. The molecule has 0 saturated heterocycles. The van der Waals surface area contributed by atoms with Gasteiger partial charge in [0.15, 0.2) is 0 Å². The summed E-state index contributed by atoms with van der Waals surface area (Å²) in [5, 5.41) is 2.40. The molecule has 3 rings (SSSR count). The van der Waals surface area contributed by atoms with Crippen molar-refractivity contribution in [2.24, 2.45) is 0 Å². The first kappa shape index (κ1) is 7.76. The number of nitrogens with zero attached hydrogens (tertiary/aromatic N) is 1. The van der Waals surface area contributed by atoms with E-state index in [4.69, 9.17) is 5.73 Å². The van der Waals surface area contributed by atoms with Crippen molar-refractivity contribution in [3.05, 3.63) is 36.7 Å². The molecule has 0 amide bonds. The molecule has 0 spiro atoms. The van der Waals surface area contributed by atoms with Crippen molar-refractivity contribution in [3.8, 4) is 0 Å². The lowest BCUT2D eigenvalue weighted by Gasteiger charge is -1.93. The van der Waals surface area contributed by atoms with Crippen LogP contribution >= 0.6 is 11.3 Å². The summed E-state index contributed by atoms with van der Waals surface area (Å²) in [5.41, 5.74) is 6.76. The molecule has 3 aromatic rings. The quantitative estimate of drug-likeness (QED) is 0.566. The Morgan fingerprint density at radius 2 is 2.07 bits per heavy atom. The van der Waals surface area contributed by atoms with E-state index in [1.54, 1.807) is 11.3 Å². The van der Waals surface area contributed by atoms with Crippen LogP contribution in [-0.4, -0.2) is 4.98 Å². The van der Waals surface area contributed by atoms with E-state index in [0.717, 1.165) is 10.4 Å². The molecule has 0 unspecified atom stereocenters. The first-order valence-corrected chi connectivity index (χ1v) is 5.18. The standard InChI is InChI=1S/C11H8N2S/c12-9-3-1-2-7-8-6-13-5-4-10(8)14-11(7)9/h1-6H,12H2. The van der Waals surface area contributed by atoms with Crippen LogP contribution in [0, 0.1) is 0 Å². The molecule has 0 saturated carbocycles. The second-order valence-corrected chi connectivity index (χ2v) is 4.25. The Kier molecular flexibility index (Phi) is 1.49. The van der Waals surface area contributed by atoms with Crippen LogP contribution in [0.2, 0.25) is 0 Å².